The van der Waals surface area contributed by atoms with E-state index in [1.165, 1.54) is 6.07 Å². The second kappa shape index (κ2) is 5.52. The Hall–Kier alpha value is -2.05. The number of alkyl halides is 3. The molecule has 2 N–H and O–H groups in total. The predicted molar refractivity (Wildman–Crippen MR) is 58.9 cm³/mol. The molecule has 0 aromatic heterocycles. The van der Waals surface area contributed by atoms with E-state index < -0.39 is 18.7 Å². The summed E-state index contributed by atoms with van der Waals surface area (Å²) in [6.07, 6.45) is -4.52. The number of rotatable bonds is 4. The third-order valence-corrected chi connectivity index (χ3v) is 2.02. The van der Waals surface area contributed by atoms with Crippen molar-refractivity contribution < 1.29 is 22.8 Å². The van der Waals surface area contributed by atoms with Gasteiger partial charge in [0.15, 0.2) is 5.71 Å². The van der Waals surface area contributed by atoms with Gasteiger partial charge in [0, 0.05) is 5.56 Å². The minimum atomic E-state index is -4.52. The summed E-state index contributed by atoms with van der Waals surface area (Å²) in [5, 5.41) is 3.16. The van der Waals surface area contributed by atoms with E-state index in [9.17, 15) is 18.0 Å². The van der Waals surface area contributed by atoms with Crippen molar-refractivity contribution in [1.29, 1.82) is 0 Å². The van der Waals surface area contributed by atoms with E-state index in [4.69, 9.17) is 5.73 Å². The Kier molecular flexibility index (Phi) is 4.30. The van der Waals surface area contributed by atoms with Crippen LogP contribution in [0, 0.1) is 6.92 Å². The SMILES string of the molecule is Cc1ccccc1/C(=N\OCC(F)(F)F)C(N)=O. The van der Waals surface area contributed by atoms with Gasteiger partial charge in [-0.3, -0.25) is 4.79 Å². The van der Waals surface area contributed by atoms with E-state index in [0.717, 1.165) is 0 Å². The zero-order valence-electron chi connectivity index (χ0n) is 9.49. The van der Waals surface area contributed by atoms with Crippen LogP contribution in [-0.2, 0) is 9.63 Å². The molecule has 98 valence electrons. The third kappa shape index (κ3) is 4.08. The number of carbonyl (C=O) groups is 1. The van der Waals surface area contributed by atoms with Crippen molar-refractivity contribution in [2.24, 2.45) is 10.9 Å². The Morgan fingerprint density at radius 3 is 2.50 bits per heavy atom. The Balaban J connectivity index is 2.94. The summed E-state index contributed by atoms with van der Waals surface area (Å²) in [4.78, 5) is 15.2. The number of benzene rings is 1. The van der Waals surface area contributed by atoms with Gasteiger partial charge in [-0.25, -0.2) is 0 Å². The molecule has 1 aromatic rings. The van der Waals surface area contributed by atoms with Gasteiger partial charge in [0.25, 0.3) is 5.91 Å². The first-order valence-electron chi connectivity index (χ1n) is 4.94. The zero-order valence-corrected chi connectivity index (χ0v) is 9.49. The normalized spacial score (nSPS) is 12.3. The highest BCUT2D eigenvalue weighted by Gasteiger charge is 2.29. The van der Waals surface area contributed by atoms with Gasteiger partial charge in [0.1, 0.15) is 0 Å². The van der Waals surface area contributed by atoms with Gasteiger partial charge in [-0.05, 0) is 12.5 Å². The number of nitrogens with zero attached hydrogens (tertiary/aromatic N) is 1. The third-order valence-electron chi connectivity index (χ3n) is 2.02. The number of amides is 1. The molecule has 1 rings (SSSR count). The van der Waals surface area contributed by atoms with Crippen molar-refractivity contribution in [1.82, 2.24) is 0 Å². The largest absolute Gasteiger partial charge is 0.425 e. The number of halogens is 3. The first-order chi connectivity index (χ1) is 8.31. The smallest absolute Gasteiger partial charge is 0.385 e. The molecule has 7 heteroatoms. The van der Waals surface area contributed by atoms with Crippen LogP contribution in [0.25, 0.3) is 0 Å². The fraction of sp³-hybridized carbons (Fsp3) is 0.273. The van der Waals surface area contributed by atoms with Crippen LogP contribution >= 0.6 is 0 Å². The number of nitrogens with two attached hydrogens (primary N) is 1. The van der Waals surface area contributed by atoms with Crippen LogP contribution < -0.4 is 5.73 Å². The molecule has 0 atom stereocenters. The minimum Gasteiger partial charge on any atom is -0.385 e. The molecule has 0 aliphatic carbocycles. The van der Waals surface area contributed by atoms with Crippen LogP contribution in [0.5, 0.6) is 0 Å². The molecule has 18 heavy (non-hydrogen) atoms. The molecule has 0 aliphatic rings. The summed E-state index contributed by atoms with van der Waals surface area (Å²) in [5.41, 5.74) is 5.72. The molecule has 0 heterocycles. The lowest BCUT2D eigenvalue weighted by atomic mass is 10.0. The molecule has 0 saturated carbocycles. The fourth-order valence-corrected chi connectivity index (χ4v) is 1.24. The molecule has 0 radical (unpaired) electrons. The average Bonchev–Trinajstić information content (AvgIpc) is 2.24. The van der Waals surface area contributed by atoms with Crippen molar-refractivity contribution >= 4 is 11.6 Å². The van der Waals surface area contributed by atoms with Gasteiger partial charge in [0.2, 0.25) is 6.61 Å². The topological polar surface area (TPSA) is 64.7 Å². The average molecular weight is 260 g/mol. The summed E-state index contributed by atoms with van der Waals surface area (Å²) in [6, 6.07) is 6.53. The van der Waals surface area contributed by atoms with Gasteiger partial charge in [0.05, 0.1) is 0 Å². The maximum absolute atomic E-state index is 11.9. The molecule has 4 nitrogen and oxygen atoms in total. The van der Waals surface area contributed by atoms with E-state index in [1.807, 2.05) is 0 Å². The number of hydrogen-bond acceptors (Lipinski definition) is 3. The van der Waals surface area contributed by atoms with Crippen LogP contribution in [0.15, 0.2) is 29.4 Å². The molecular weight excluding hydrogens is 249 g/mol. The standard InChI is InChI=1S/C11H11F3N2O2/c1-7-4-2-3-5-8(7)9(10(15)17)16-18-6-11(12,13)14/h2-5H,6H2,1H3,(H2,15,17)/b16-9+. The van der Waals surface area contributed by atoms with E-state index in [1.54, 1.807) is 25.1 Å². The minimum absolute atomic E-state index is 0.336. The second-order valence-electron chi connectivity index (χ2n) is 3.51. The molecule has 0 spiro atoms. The molecular formula is C11H11F3N2O2. The summed E-state index contributed by atoms with van der Waals surface area (Å²) >= 11 is 0. The quantitative estimate of drug-likeness (QED) is 0.662. The summed E-state index contributed by atoms with van der Waals surface area (Å²) in [6.45, 7) is 0.104. The lowest BCUT2D eigenvalue weighted by Gasteiger charge is -2.07. The molecule has 0 unspecified atom stereocenters. The monoisotopic (exact) mass is 260 g/mol. The lowest BCUT2D eigenvalue weighted by Crippen LogP contribution is -2.26. The molecule has 1 aromatic carbocycles. The molecule has 0 fully saturated rings. The van der Waals surface area contributed by atoms with Crippen LogP contribution in [0.3, 0.4) is 0 Å². The van der Waals surface area contributed by atoms with Crippen molar-refractivity contribution in [2.75, 3.05) is 6.61 Å². The number of hydrogen-bond donors (Lipinski definition) is 1. The van der Waals surface area contributed by atoms with Gasteiger partial charge in [-0.2, -0.15) is 13.2 Å². The maximum atomic E-state index is 11.9. The molecule has 1 amide bonds. The summed E-state index contributed by atoms with van der Waals surface area (Å²) in [5.74, 6) is -0.952. The van der Waals surface area contributed by atoms with Crippen LogP contribution in [0.4, 0.5) is 13.2 Å². The van der Waals surface area contributed by atoms with Gasteiger partial charge in [-0.1, -0.05) is 29.4 Å². The predicted octanol–water partition coefficient (Wildman–Crippen LogP) is 1.76. The van der Waals surface area contributed by atoms with Crippen molar-refractivity contribution in [3.05, 3.63) is 35.4 Å². The number of primary amides is 1. The van der Waals surface area contributed by atoms with Crippen LogP contribution in [-0.4, -0.2) is 24.4 Å². The van der Waals surface area contributed by atoms with E-state index in [0.29, 0.717) is 11.1 Å². The fourth-order valence-electron chi connectivity index (χ4n) is 1.24. The van der Waals surface area contributed by atoms with Crippen LogP contribution in [0.2, 0.25) is 0 Å². The Bertz CT molecular complexity index is 470. The highest BCUT2D eigenvalue weighted by molar-refractivity contribution is 6.45. The number of aryl methyl sites for hydroxylation is 1. The Morgan fingerprint density at radius 2 is 2.00 bits per heavy atom. The van der Waals surface area contributed by atoms with Gasteiger partial charge in [-0.15, -0.1) is 0 Å². The Morgan fingerprint density at radius 1 is 1.39 bits per heavy atom. The second-order valence-corrected chi connectivity index (χ2v) is 3.51. The Labute approximate surface area is 101 Å². The highest BCUT2D eigenvalue weighted by Crippen LogP contribution is 2.15. The van der Waals surface area contributed by atoms with Gasteiger partial charge >= 0.3 is 6.18 Å². The van der Waals surface area contributed by atoms with E-state index in [2.05, 4.69) is 9.99 Å². The maximum Gasteiger partial charge on any atom is 0.425 e. The van der Waals surface area contributed by atoms with E-state index >= 15 is 0 Å². The van der Waals surface area contributed by atoms with E-state index in [-0.39, 0.29) is 5.71 Å². The van der Waals surface area contributed by atoms with Crippen molar-refractivity contribution in [3.63, 3.8) is 0 Å². The zero-order chi connectivity index (χ0) is 13.8. The number of carbonyl (C=O) groups excluding carboxylic acids is 1. The number of oxime groups is 1. The summed E-state index contributed by atoms with van der Waals surface area (Å²) in [7, 11) is 0. The first kappa shape index (κ1) is 14.0. The van der Waals surface area contributed by atoms with Crippen LogP contribution in [0.1, 0.15) is 11.1 Å². The molecule has 0 bridgehead atoms. The lowest BCUT2D eigenvalue weighted by molar-refractivity contribution is -0.173. The van der Waals surface area contributed by atoms with Crippen molar-refractivity contribution in [3.8, 4) is 0 Å². The van der Waals surface area contributed by atoms with Crippen molar-refractivity contribution in [2.45, 2.75) is 13.1 Å². The molecule has 0 saturated heterocycles. The highest BCUT2D eigenvalue weighted by atomic mass is 19.4. The van der Waals surface area contributed by atoms with Gasteiger partial charge < -0.3 is 10.6 Å². The molecule has 0 aliphatic heterocycles. The first-order valence-corrected chi connectivity index (χ1v) is 4.94. The summed E-state index contributed by atoms with van der Waals surface area (Å²) < 4.78 is 35.6.